The number of alkyl halides is 3. The molecular weight excluding hydrogens is 610 g/mol. The van der Waals surface area contributed by atoms with E-state index >= 15 is 0 Å². The number of aromatic nitrogens is 4. The van der Waals surface area contributed by atoms with Crippen molar-refractivity contribution in [2.45, 2.75) is 39.1 Å². The molecule has 2 aromatic heterocycles. The van der Waals surface area contributed by atoms with E-state index < -0.39 is 18.4 Å². The second-order valence-electron chi connectivity index (χ2n) is 10.2. The van der Waals surface area contributed by atoms with E-state index in [-0.39, 0.29) is 17.5 Å². The van der Waals surface area contributed by atoms with Crippen LogP contribution in [0.4, 0.5) is 22.4 Å². The number of amides is 2. The van der Waals surface area contributed by atoms with Crippen molar-refractivity contribution >= 4 is 17.4 Å². The maximum atomic E-state index is 14.0. The summed E-state index contributed by atoms with van der Waals surface area (Å²) >= 11 is 1.25. The van der Waals surface area contributed by atoms with Crippen LogP contribution in [0, 0.1) is 24.1 Å². The molecule has 1 atom stereocenters. The van der Waals surface area contributed by atoms with Gasteiger partial charge in [0.2, 0.25) is 0 Å². The Morgan fingerprint density at radius 2 is 1.80 bits per heavy atom. The molecule has 0 spiro atoms. The molecule has 230 valence electrons. The largest absolute Gasteiger partial charge is 0.573 e. The van der Waals surface area contributed by atoms with Crippen LogP contribution in [0.1, 0.15) is 42.6 Å². The number of rotatable bonds is 7. The van der Waals surface area contributed by atoms with Crippen molar-refractivity contribution < 1.29 is 27.1 Å². The normalized spacial score (nSPS) is 12.6. The zero-order chi connectivity index (χ0) is 32.3. The van der Waals surface area contributed by atoms with Gasteiger partial charge in [0.15, 0.2) is 10.6 Å². The summed E-state index contributed by atoms with van der Waals surface area (Å²) < 4.78 is 58.3. The molecule has 0 aliphatic rings. The number of urea groups is 1. The van der Waals surface area contributed by atoms with Crippen LogP contribution in [0.15, 0.2) is 83.4 Å². The number of nitriles is 1. The number of nitrogens with zero attached hydrogens (tertiary/aromatic N) is 6. The molecule has 1 N–H and O–H groups in total. The zero-order valence-corrected chi connectivity index (χ0v) is 24.9. The molecule has 0 aliphatic carbocycles. The summed E-state index contributed by atoms with van der Waals surface area (Å²) in [4.78, 5) is 21.8. The molecule has 14 heteroatoms. The number of hydrogen-bond acceptors (Lipinski definition) is 6. The number of thiazole rings is 1. The molecule has 0 aliphatic heterocycles. The highest BCUT2D eigenvalue weighted by Crippen LogP contribution is 2.26. The third-order valence-corrected chi connectivity index (χ3v) is 7.60. The SMILES string of the molecule is Cc1csc(=NC(=O)NC(C#N)c2ccc(-c3ncn(-c4ccc(OC(F)(F)F)cc4)n3)cc2)n1-c1ccc(F)cc1C(C)C. The van der Waals surface area contributed by atoms with Crippen molar-refractivity contribution in [2.75, 3.05) is 0 Å². The molecular formula is C31H25F4N7O2S. The molecule has 2 amide bonds. The maximum Gasteiger partial charge on any atom is 0.573 e. The monoisotopic (exact) mass is 635 g/mol. The minimum Gasteiger partial charge on any atom is -0.406 e. The van der Waals surface area contributed by atoms with Gasteiger partial charge in [-0.05, 0) is 66.4 Å². The fourth-order valence-electron chi connectivity index (χ4n) is 4.53. The van der Waals surface area contributed by atoms with Crippen LogP contribution in [0.3, 0.4) is 0 Å². The number of aryl methyl sites for hydroxylation is 1. The minimum atomic E-state index is -4.79. The first kappa shape index (κ1) is 31.1. The van der Waals surface area contributed by atoms with Gasteiger partial charge in [-0.25, -0.2) is 18.9 Å². The zero-order valence-electron chi connectivity index (χ0n) is 24.1. The number of carbonyl (C=O) groups excluding carboxylic acids is 1. The van der Waals surface area contributed by atoms with Crippen LogP contribution < -0.4 is 14.9 Å². The molecule has 1 unspecified atom stereocenters. The predicted octanol–water partition coefficient (Wildman–Crippen LogP) is 7.13. The van der Waals surface area contributed by atoms with Crippen LogP contribution in [0.5, 0.6) is 5.75 Å². The molecule has 45 heavy (non-hydrogen) atoms. The van der Waals surface area contributed by atoms with Crippen LogP contribution in [0.25, 0.3) is 22.8 Å². The highest BCUT2D eigenvalue weighted by atomic mass is 32.1. The Kier molecular flexibility index (Phi) is 8.82. The van der Waals surface area contributed by atoms with Crippen molar-refractivity contribution in [1.29, 1.82) is 5.26 Å². The van der Waals surface area contributed by atoms with Gasteiger partial charge in [0, 0.05) is 16.6 Å². The second kappa shape index (κ2) is 12.7. The third kappa shape index (κ3) is 7.27. The number of carbonyl (C=O) groups is 1. The number of ether oxygens (including phenoxy) is 1. The fourth-order valence-corrected chi connectivity index (χ4v) is 5.40. The Morgan fingerprint density at radius 1 is 1.09 bits per heavy atom. The van der Waals surface area contributed by atoms with E-state index in [1.54, 1.807) is 34.9 Å². The van der Waals surface area contributed by atoms with E-state index in [0.717, 1.165) is 11.3 Å². The first-order chi connectivity index (χ1) is 21.4. The van der Waals surface area contributed by atoms with E-state index in [9.17, 15) is 27.6 Å². The Hall–Kier alpha value is -5.29. The third-order valence-electron chi connectivity index (χ3n) is 6.65. The lowest BCUT2D eigenvalue weighted by atomic mass is 10.0. The average Bonchev–Trinajstić information content (AvgIpc) is 3.63. The second-order valence-corrected chi connectivity index (χ2v) is 11.0. The summed E-state index contributed by atoms with van der Waals surface area (Å²) in [5, 5.41) is 18.6. The van der Waals surface area contributed by atoms with E-state index in [2.05, 4.69) is 31.2 Å². The van der Waals surface area contributed by atoms with E-state index in [1.165, 1.54) is 58.7 Å². The summed E-state index contributed by atoms with van der Waals surface area (Å²) in [6, 6.07) is 16.7. The predicted molar refractivity (Wildman–Crippen MR) is 158 cm³/mol. The van der Waals surface area contributed by atoms with E-state index in [4.69, 9.17) is 0 Å². The molecule has 0 radical (unpaired) electrons. The van der Waals surface area contributed by atoms with Gasteiger partial charge in [-0.15, -0.1) is 29.6 Å². The van der Waals surface area contributed by atoms with Gasteiger partial charge >= 0.3 is 12.4 Å². The first-order valence-electron chi connectivity index (χ1n) is 13.5. The average molecular weight is 636 g/mol. The standard InChI is InChI=1S/C31H25F4N7O2S/c1-18(2)25-14-22(32)8-13-27(25)42-19(3)16-45-30(42)39-29(43)38-26(15-36)20-4-6-21(7-5-20)28-37-17-41(40-28)23-9-11-24(12-10-23)44-31(33,34)35/h4-14,16-18,26H,1-3H3,(H,38,43). The highest BCUT2D eigenvalue weighted by Gasteiger charge is 2.31. The van der Waals surface area contributed by atoms with Crippen LogP contribution in [0.2, 0.25) is 0 Å². The lowest BCUT2D eigenvalue weighted by Gasteiger charge is -2.15. The summed E-state index contributed by atoms with van der Waals surface area (Å²) in [7, 11) is 0. The van der Waals surface area contributed by atoms with Gasteiger partial charge in [0.25, 0.3) is 0 Å². The fraction of sp³-hybridized carbons (Fsp3) is 0.194. The molecule has 5 rings (SSSR count). The van der Waals surface area contributed by atoms with Gasteiger partial charge in [-0.3, -0.25) is 4.57 Å². The summed E-state index contributed by atoms with van der Waals surface area (Å²) in [5.74, 6) is -0.351. The Labute approximate surface area is 258 Å². The van der Waals surface area contributed by atoms with Crippen molar-refractivity contribution in [2.24, 2.45) is 4.99 Å². The van der Waals surface area contributed by atoms with Crippen molar-refractivity contribution in [3.63, 3.8) is 0 Å². The first-order valence-corrected chi connectivity index (χ1v) is 14.4. The molecule has 0 fully saturated rings. The molecule has 5 aromatic rings. The summed E-state index contributed by atoms with van der Waals surface area (Å²) in [5.41, 5.74) is 3.88. The van der Waals surface area contributed by atoms with Gasteiger partial charge in [0.1, 0.15) is 23.9 Å². The number of halogens is 4. The Bertz CT molecular complexity index is 1940. The van der Waals surface area contributed by atoms with Gasteiger partial charge in [-0.1, -0.05) is 38.1 Å². The molecule has 0 bridgehead atoms. The summed E-state index contributed by atoms with van der Waals surface area (Å²) in [6.07, 6.45) is -3.37. The molecule has 0 saturated heterocycles. The van der Waals surface area contributed by atoms with Crippen LogP contribution >= 0.6 is 11.3 Å². The highest BCUT2D eigenvalue weighted by molar-refractivity contribution is 7.07. The Morgan fingerprint density at radius 3 is 2.44 bits per heavy atom. The topological polar surface area (TPSA) is 110 Å². The smallest absolute Gasteiger partial charge is 0.406 e. The molecule has 0 saturated carbocycles. The molecule has 3 aromatic carbocycles. The quantitative estimate of drug-likeness (QED) is 0.191. The van der Waals surface area contributed by atoms with E-state index in [0.29, 0.717) is 33.1 Å². The number of hydrogen-bond donors (Lipinski definition) is 1. The molecule has 2 heterocycles. The van der Waals surface area contributed by atoms with Gasteiger partial charge < -0.3 is 10.1 Å². The minimum absolute atomic E-state index is 0.0207. The lowest BCUT2D eigenvalue weighted by molar-refractivity contribution is -0.274. The number of benzene rings is 3. The maximum absolute atomic E-state index is 14.0. The van der Waals surface area contributed by atoms with Gasteiger partial charge in [-0.2, -0.15) is 10.3 Å². The van der Waals surface area contributed by atoms with Crippen molar-refractivity contribution in [3.05, 3.63) is 106 Å². The summed E-state index contributed by atoms with van der Waals surface area (Å²) in [6.45, 7) is 5.77. The van der Waals surface area contributed by atoms with Crippen LogP contribution in [-0.2, 0) is 0 Å². The van der Waals surface area contributed by atoms with E-state index in [1.807, 2.05) is 26.2 Å². The van der Waals surface area contributed by atoms with Crippen molar-refractivity contribution in [3.8, 4) is 34.6 Å². The van der Waals surface area contributed by atoms with Crippen LogP contribution in [-0.4, -0.2) is 31.7 Å². The Balaban J connectivity index is 1.31. The molecule has 9 nitrogen and oxygen atoms in total. The lowest BCUT2D eigenvalue weighted by Crippen LogP contribution is -2.28. The number of nitrogens with one attached hydrogen (secondary N) is 1. The van der Waals surface area contributed by atoms with Gasteiger partial charge in [0.05, 0.1) is 17.4 Å². The van der Waals surface area contributed by atoms with Crippen molar-refractivity contribution in [1.82, 2.24) is 24.6 Å².